The van der Waals surface area contributed by atoms with E-state index in [9.17, 15) is 31.1 Å². The number of carbonyl (C=O) groups excluding carboxylic acids is 1. The smallest absolute Gasteiger partial charge is 0.338 e. The van der Waals surface area contributed by atoms with Crippen LogP contribution in [-0.4, -0.2) is 37.0 Å². The minimum absolute atomic E-state index is 0.0145. The number of carbonyl (C=O) groups is 1. The van der Waals surface area contributed by atoms with Gasteiger partial charge in [0.05, 0.1) is 11.1 Å². The number of hydrogen-bond acceptors (Lipinski definition) is 2. The topological polar surface area (TPSA) is 32.3 Å². The molecule has 0 aliphatic carbocycles. The van der Waals surface area contributed by atoms with Gasteiger partial charge in [0.2, 0.25) is 0 Å². The number of piperidine rings is 1. The van der Waals surface area contributed by atoms with Crippen molar-refractivity contribution in [1.82, 2.24) is 10.2 Å². The van der Waals surface area contributed by atoms with E-state index in [0.717, 1.165) is 11.1 Å². The number of aryl methyl sites for hydroxylation is 1. The molecule has 0 aromatic heterocycles. The van der Waals surface area contributed by atoms with Crippen LogP contribution in [0.1, 0.15) is 45.0 Å². The van der Waals surface area contributed by atoms with Crippen molar-refractivity contribution in [2.75, 3.05) is 20.1 Å². The Balaban J connectivity index is 1.97. The summed E-state index contributed by atoms with van der Waals surface area (Å²) in [5.41, 5.74) is -1.98. The maximum absolute atomic E-state index is 13.2. The molecule has 174 valence electrons. The number of halogens is 7. The SMILES string of the molecule is Cc1cc([C@@H]2CNCC[C@H]2N(C)C(=O)c2cc(C(F)(F)F)cc(C(F)(F)F)c2)ccc1Cl. The quantitative estimate of drug-likeness (QED) is 0.557. The third-order valence-electron chi connectivity index (χ3n) is 5.71. The predicted octanol–water partition coefficient (Wildman–Crippen LogP) is 5.90. The number of hydrogen-bond donors (Lipinski definition) is 1. The second-order valence-corrected chi connectivity index (χ2v) is 8.29. The Hall–Kier alpha value is -2.26. The average molecular weight is 479 g/mol. The molecular weight excluding hydrogens is 458 g/mol. The zero-order valence-electron chi connectivity index (χ0n) is 17.2. The first-order valence-electron chi connectivity index (χ1n) is 9.82. The van der Waals surface area contributed by atoms with Crippen molar-refractivity contribution in [2.24, 2.45) is 0 Å². The average Bonchev–Trinajstić information content (AvgIpc) is 2.73. The number of rotatable bonds is 3. The Labute approximate surface area is 186 Å². The van der Waals surface area contributed by atoms with E-state index >= 15 is 0 Å². The first kappa shape index (κ1) is 24.4. The highest BCUT2D eigenvalue weighted by Crippen LogP contribution is 2.37. The Morgan fingerprint density at radius 1 is 1.03 bits per heavy atom. The van der Waals surface area contributed by atoms with Crippen LogP contribution in [0.25, 0.3) is 0 Å². The molecule has 1 heterocycles. The van der Waals surface area contributed by atoms with E-state index in [-0.39, 0.29) is 12.0 Å². The van der Waals surface area contributed by atoms with Crippen LogP contribution in [0.3, 0.4) is 0 Å². The Kier molecular flexibility index (Phi) is 6.81. The maximum Gasteiger partial charge on any atom is 0.416 e. The lowest BCUT2D eigenvalue weighted by Gasteiger charge is -2.39. The monoisotopic (exact) mass is 478 g/mol. The Morgan fingerprint density at radius 2 is 1.62 bits per heavy atom. The predicted molar refractivity (Wildman–Crippen MR) is 109 cm³/mol. The molecule has 0 unspecified atom stereocenters. The summed E-state index contributed by atoms with van der Waals surface area (Å²) in [6.45, 7) is 2.88. The first-order valence-corrected chi connectivity index (χ1v) is 10.2. The second-order valence-electron chi connectivity index (χ2n) is 7.89. The van der Waals surface area contributed by atoms with Crippen LogP contribution in [0.4, 0.5) is 26.3 Å². The molecule has 32 heavy (non-hydrogen) atoms. The van der Waals surface area contributed by atoms with Crippen LogP contribution >= 0.6 is 11.6 Å². The van der Waals surface area contributed by atoms with Gasteiger partial charge in [-0.25, -0.2) is 0 Å². The van der Waals surface area contributed by atoms with E-state index in [0.29, 0.717) is 36.7 Å². The standard InChI is InChI=1S/C22H21ClF6N2O/c1-12-7-13(3-4-18(12)23)17-11-30-6-5-19(17)31(2)20(32)14-8-15(21(24,25)26)10-16(9-14)22(27,28)29/h3-4,7-10,17,19,30H,5-6,11H2,1-2H3/t17-,19+/m0/s1. The Morgan fingerprint density at radius 3 is 2.16 bits per heavy atom. The molecule has 1 amide bonds. The van der Waals surface area contributed by atoms with Crippen LogP contribution in [-0.2, 0) is 12.4 Å². The van der Waals surface area contributed by atoms with Gasteiger partial charge in [0.15, 0.2) is 0 Å². The van der Waals surface area contributed by atoms with E-state index in [1.54, 1.807) is 6.07 Å². The van der Waals surface area contributed by atoms with Crippen molar-refractivity contribution in [2.45, 2.75) is 37.7 Å². The van der Waals surface area contributed by atoms with E-state index in [1.807, 2.05) is 19.1 Å². The second kappa shape index (κ2) is 8.94. The minimum Gasteiger partial charge on any atom is -0.338 e. The maximum atomic E-state index is 13.2. The largest absolute Gasteiger partial charge is 0.416 e. The molecule has 1 saturated heterocycles. The Bertz CT molecular complexity index is 973. The van der Waals surface area contributed by atoms with Gasteiger partial charge in [-0.15, -0.1) is 0 Å². The van der Waals surface area contributed by atoms with Gasteiger partial charge in [-0.2, -0.15) is 26.3 Å². The summed E-state index contributed by atoms with van der Waals surface area (Å²) in [6.07, 6.45) is -9.56. The van der Waals surface area contributed by atoms with Crippen LogP contribution in [0.5, 0.6) is 0 Å². The van der Waals surface area contributed by atoms with Crippen molar-refractivity contribution in [3.63, 3.8) is 0 Å². The highest BCUT2D eigenvalue weighted by molar-refractivity contribution is 6.31. The van der Waals surface area contributed by atoms with Crippen molar-refractivity contribution in [3.05, 3.63) is 69.2 Å². The molecule has 3 rings (SSSR count). The van der Waals surface area contributed by atoms with Gasteiger partial charge in [-0.1, -0.05) is 23.7 Å². The molecule has 1 aliphatic rings. The summed E-state index contributed by atoms with van der Waals surface area (Å²) in [5, 5.41) is 3.79. The third kappa shape index (κ3) is 5.20. The molecule has 0 bridgehead atoms. The van der Waals surface area contributed by atoms with Gasteiger partial charge in [0.1, 0.15) is 0 Å². The number of nitrogens with zero attached hydrogens (tertiary/aromatic N) is 1. The molecule has 1 aliphatic heterocycles. The van der Waals surface area contributed by atoms with Crippen LogP contribution in [0.15, 0.2) is 36.4 Å². The molecule has 0 saturated carbocycles. The summed E-state index contributed by atoms with van der Waals surface area (Å²) in [5.74, 6) is -1.11. The molecule has 2 atom stereocenters. The number of alkyl halides is 6. The van der Waals surface area contributed by atoms with Crippen molar-refractivity contribution in [3.8, 4) is 0 Å². The van der Waals surface area contributed by atoms with Crippen LogP contribution in [0.2, 0.25) is 5.02 Å². The van der Waals surface area contributed by atoms with Gasteiger partial charge in [0.25, 0.3) is 5.91 Å². The van der Waals surface area contributed by atoms with Crippen molar-refractivity contribution >= 4 is 17.5 Å². The van der Waals surface area contributed by atoms with E-state index < -0.39 is 41.0 Å². The molecule has 1 fully saturated rings. The van der Waals surface area contributed by atoms with Gasteiger partial charge in [-0.05, 0) is 55.3 Å². The number of benzene rings is 2. The van der Waals surface area contributed by atoms with E-state index in [4.69, 9.17) is 11.6 Å². The van der Waals surface area contributed by atoms with Gasteiger partial charge in [0, 0.05) is 36.1 Å². The molecule has 2 aromatic carbocycles. The number of amides is 1. The molecule has 0 spiro atoms. The van der Waals surface area contributed by atoms with Crippen molar-refractivity contribution in [1.29, 1.82) is 0 Å². The summed E-state index contributed by atoms with van der Waals surface area (Å²) in [6, 6.07) is 5.94. The summed E-state index contributed by atoms with van der Waals surface area (Å²) in [7, 11) is 1.40. The van der Waals surface area contributed by atoms with Crippen LogP contribution < -0.4 is 5.32 Å². The van der Waals surface area contributed by atoms with Gasteiger partial charge < -0.3 is 10.2 Å². The minimum atomic E-state index is -5.02. The molecule has 3 nitrogen and oxygen atoms in total. The summed E-state index contributed by atoms with van der Waals surface area (Å²) >= 11 is 6.09. The number of nitrogens with one attached hydrogen (secondary N) is 1. The molecule has 10 heteroatoms. The zero-order valence-corrected chi connectivity index (χ0v) is 18.0. The highest BCUT2D eigenvalue weighted by Gasteiger charge is 2.39. The van der Waals surface area contributed by atoms with E-state index in [2.05, 4.69) is 5.32 Å². The van der Waals surface area contributed by atoms with Gasteiger partial charge in [-0.3, -0.25) is 4.79 Å². The first-order chi connectivity index (χ1) is 14.8. The summed E-state index contributed by atoms with van der Waals surface area (Å²) < 4.78 is 79.2. The fourth-order valence-electron chi connectivity index (χ4n) is 3.98. The van der Waals surface area contributed by atoms with E-state index in [1.165, 1.54) is 11.9 Å². The molecule has 1 N–H and O–H groups in total. The lowest BCUT2D eigenvalue weighted by molar-refractivity contribution is -0.143. The summed E-state index contributed by atoms with van der Waals surface area (Å²) in [4.78, 5) is 14.3. The zero-order chi connectivity index (χ0) is 23.8. The fraction of sp³-hybridized carbons (Fsp3) is 0.409. The lowest BCUT2D eigenvalue weighted by Crippen LogP contribution is -2.49. The third-order valence-corrected chi connectivity index (χ3v) is 6.13. The van der Waals surface area contributed by atoms with Crippen molar-refractivity contribution < 1.29 is 31.1 Å². The molecule has 0 radical (unpaired) electrons. The molecular formula is C22H21ClF6N2O. The normalized spacial score (nSPS) is 19.7. The number of likely N-dealkylation sites (N-methyl/N-ethyl adjacent to an activating group) is 1. The van der Waals surface area contributed by atoms with Crippen LogP contribution in [0, 0.1) is 6.92 Å². The lowest BCUT2D eigenvalue weighted by atomic mass is 9.85. The highest BCUT2D eigenvalue weighted by atomic mass is 35.5. The molecule has 2 aromatic rings. The fourth-order valence-corrected chi connectivity index (χ4v) is 4.10. The van der Waals surface area contributed by atoms with Gasteiger partial charge >= 0.3 is 12.4 Å².